The third-order valence-electron chi connectivity index (χ3n) is 14.4. The van der Waals surface area contributed by atoms with Gasteiger partial charge in [-0.1, -0.05) is 281 Å². The van der Waals surface area contributed by atoms with Crippen LogP contribution in [0.4, 0.5) is 0 Å². The molecule has 0 fully saturated rings. The molecule has 0 N–H and O–H groups in total. The summed E-state index contributed by atoms with van der Waals surface area (Å²) in [6, 6.07) is 0. The summed E-state index contributed by atoms with van der Waals surface area (Å²) in [6.07, 6.45) is 67.8. The van der Waals surface area contributed by atoms with E-state index >= 15 is 0 Å². The fourth-order valence-electron chi connectivity index (χ4n) is 9.43. The lowest BCUT2D eigenvalue weighted by atomic mass is 10.0. The topological polar surface area (TPSA) is 111 Å². The summed E-state index contributed by atoms with van der Waals surface area (Å²) < 4.78 is 22.8. The highest BCUT2D eigenvalue weighted by Gasteiger charge is 2.22. The van der Waals surface area contributed by atoms with Crippen LogP contribution in [0.2, 0.25) is 0 Å². The highest BCUT2D eigenvalue weighted by molar-refractivity contribution is 5.70. The van der Waals surface area contributed by atoms with E-state index in [0.29, 0.717) is 17.4 Å². The van der Waals surface area contributed by atoms with E-state index in [2.05, 4.69) is 50.3 Å². The predicted octanol–water partition coefficient (Wildman–Crippen LogP) is 17.9. The van der Waals surface area contributed by atoms with Crippen molar-refractivity contribution in [1.82, 2.24) is 0 Å². The number of rotatable bonds is 60. The van der Waals surface area contributed by atoms with Crippen molar-refractivity contribution in [2.24, 2.45) is 0 Å². The molecule has 0 bridgehead atoms. The number of carboxylic acid groups (broad SMARTS) is 1. The first-order valence-electron chi connectivity index (χ1n) is 32.1. The largest absolute Gasteiger partial charge is 0.545 e. The van der Waals surface area contributed by atoms with Gasteiger partial charge in [0, 0.05) is 12.8 Å². The minimum atomic E-state index is -1.62. The molecule has 0 aliphatic heterocycles. The summed E-state index contributed by atoms with van der Waals surface area (Å²) in [5, 5.41) is 11.8. The molecule has 9 nitrogen and oxygen atoms in total. The second-order valence-corrected chi connectivity index (χ2v) is 23.1. The maximum atomic E-state index is 12.9. The second kappa shape index (κ2) is 57.7. The van der Waals surface area contributed by atoms with Gasteiger partial charge in [-0.15, -0.1) is 0 Å². The Morgan fingerprint density at radius 3 is 1.07 bits per heavy atom. The van der Waals surface area contributed by atoms with Gasteiger partial charge in [0.1, 0.15) is 13.2 Å². The predicted molar refractivity (Wildman–Crippen MR) is 316 cm³/mol. The molecule has 0 aromatic rings. The molecule has 0 aliphatic carbocycles. The van der Waals surface area contributed by atoms with E-state index in [4.69, 9.17) is 18.9 Å². The lowest BCUT2D eigenvalue weighted by Gasteiger charge is -2.26. The van der Waals surface area contributed by atoms with Gasteiger partial charge in [0.2, 0.25) is 0 Å². The SMILES string of the molecule is CCCCCCC/C=C\C/C=C\C/C=C\CCCCCCCCCCCCCCCCCCCCC(=O)OC(COC(=O)CCCCCCCCCCCCCCCCCCC)COC(OCC[N+](C)(C)C)C(=O)[O-]. The van der Waals surface area contributed by atoms with Gasteiger partial charge >= 0.3 is 11.9 Å². The van der Waals surface area contributed by atoms with Crippen LogP contribution < -0.4 is 5.11 Å². The molecule has 0 aliphatic rings. The van der Waals surface area contributed by atoms with Gasteiger partial charge in [0.15, 0.2) is 12.4 Å². The molecule has 0 rings (SSSR count). The maximum absolute atomic E-state index is 12.9. The minimum Gasteiger partial charge on any atom is -0.545 e. The van der Waals surface area contributed by atoms with E-state index in [-0.39, 0.29) is 32.2 Å². The van der Waals surface area contributed by atoms with E-state index < -0.39 is 24.3 Å². The summed E-state index contributed by atoms with van der Waals surface area (Å²) in [5.41, 5.74) is 0. The summed E-state index contributed by atoms with van der Waals surface area (Å²) in [5.74, 6) is -2.26. The van der Waals surface area contributed by atoms with Gasteiger partial charge in [-0.3, -0.25) is 9.59 Å². The zero-order chi connectivity index (χ0) is 54.8. The number of ether oxygens (including phenoxy) is 4. The number of aliphatic carboxylic acids is 1. The molecule has 0 aromatic carbocycles. The monoisotopic (exact) mass is 1060 g/mol. The van der Waals surface area contributed by atoms with Crippen LogP contribution in [0.25, 0.3) is 0 Å². The number of carboxylic acids is 1. The fraction of sp³-hybridized carbons (Fsp3) is 0.864. The van der Waals surface area contributed by atoms with Crippen molar-refractivity contribution < 1.29 is 42.9 Å². The van der Waals surface area contributed by atoms with Gasteiger partial charge < -0.3 is 33.3 Å². The van der Waals surface area contributed by atoms with E-state index in [1.54, 1.807) is 0 Å². The van der Waals surface area contributed by atoms with E-state index in [9.17, 15) is 19.5 Å². The van der Waals surface area contributed by atoms with Crippen LogP contribution in [-0.4, -0.2) is 82.3 Å². The number of nitrogens with zero attached hydrogens (tertiary/aromatic N) is 1. The number of allylic oxidation sites excluding steroid dienone is 6. The van der Waals surface area contributed by atoms with Crippen molar-refractivity contribution in [1.29, 1.82) is 0 Å². The lowest BCUT2D eigenvalue weighted by Crippen LogP contribution is -2.44. The zero-order valence-electron chi connectivity index (χ0n) is 50.2. The number of unbranched alkanes of at least 4 members (excludes halogenated alkanes) is 39. The first-order chi connectivity index (χ1) is 36.6. The lowest BCUT2D eigenvalue weighted by molar-refractivity contribution is -0.870. The van der Waals surface area contributed by atoms with Crippen molar-refractivity contribution in [3.63, 3.8) is 0 Å². The third kappa shape index (κ3) is 59.0. The summed E-state index contributed by atoms with van der Waals surface area (Å²) >= 11 is 0. The average molecular weight is 1060 g/mol. The first-order valence-corrected chi connectivity index (χ1v) is 32.1. The molecule has 0 saturated carbocycles. The number of esters is 2. The standard InChI is InChI=1S/C66H123NO8/c1-6-8-10-12-14-16-18-20-22-24-25-26-27-28-29-30-31-32-33-34-35-36-37-38-39-41-43-45-47-49-51-53-55-57-64(69)75-62(61-74-66(65(70)71)72-59-58-67(3,4)5)60-73-63(68)56-54-52-50-48-46-44-42-40-23-21-19-17-15-13-11-9-7-2/h18,20,24-25,27-28,62,66H,6-17,19,21-23,26,29-61H2,1-5H3/b20-18-,25-24-,28-27-. The number of carbonyl (C=O) groups is 3. The van der Waals surface area contributed by atoms with E-state index in [1.807, 2.05) is 21.1 Å². The molecule has 0 spiro atoms. The number of hydrogen-bond acceptors (Lipinski definition) is 8. The highest BCUT2D eigenvalue weighted by atomic mass is 16.7. The Bertz CT molecular complexity index is 1320. The fourth-order valence-corrected chi connectivity index (χ4v) is 9.43. The van der Waals surface area contributed by atoms with Gasteiger partial charge in [-0.05, 0) is 51.4 Å². The molecule has 440 valence electrons. The van der Waals surface area contributed by atoms with Crippen molar-refractivity contribution >= 4 is 17.9 Å². The summed E-state index contributed by atoms with van der Waals surface area (Å²) in [6.45, 7) is 4.79. The van der Waals surface area contributed by atoms with E-state index in [0.717, 1.165) is 51.4 Å². The quantitative estimate of drug-likeness (QED) is 0.0195. The second-order valence-electron chi connectivity index (χ2n) is 23.1. The number of quaternary nitrogens is 1. The minimum absolute atomic E-state index is 0.151. The molecular formula is C66H123NO8. The van der Waals surface area contributed by atoms with Gasteiger partial charge in [0.25, 0.3) is 0 Å². The number of hydrogen-bond donors (Lipinski definition) is 0. The molecule has 0 heterocycles. The normalized spacial score (nSPS) is 12.9. The van der Waals surface area contributed by atoms with Crippen LogP contribution >= 0.6 is 0 Å². The van der Waals surface area contributed by atoms with Gasteiger partial charge in [-0.2, -0.15) is 0 Å². The number of likely N-dealkylation sites (N-methyl/N-ethyl adjacent to an activating group) is 1. The molecule has 2 atom stereocenters. The van der Waals surface area contributed by atoms with Crippen molar-refractivity contribution in [2.75, 3.05) is 47.5 Å². The van der Waals surface area contributed by atoms with Crippen molar-refractivity contribution in [3.8, 4) is 0 Å². The molecule has 75 heavy (non-hydrogen) atoms. The van der Waals surface area contributed by atoms with Crippen LogP contribution in [0, 0.1) is 0 Å². The highest BCUT2D eigenvalue weighted by Crippen LogP contribution is 2.18. The zero-order valence-corrected chi connectivity index (χ0v) is 50.2. The molecule has 0 amide bonds. The first kappa shape index (κ1) is 72.5. The Hall–Kier alpha value is -2.49. The molecule has 0 aromatic heterocycles. The van der Waals surface area contributed by atoms with Gasteiger partial charge in [0.05, 0.1) is 40.3 Å². The Morgan fingerprint density at radius 1 is 0.400 bits per heavy atom. The third-order valence-corrected chi connectivity index (χ3v) is 14.4. The maximum Gasteiger partial charge on any atom is 0.306 e. The molecule has 2 unspecified atom stereocenters. The van der Waals surface area contributed by atoms with Crippen LogP contribution in [0.3, 0.4) is 0 Å². The summed E-state index contributed by atoms with van der Waals surface area (Å²) in [7, 11) is 5.93. The Labute approximate surface area is 464 Å². The molecule has 9 heteroatoms. The van der Waals surface area contributed by atoms with Crippen LogP contribution in [0.15, 0.2) is 36.5 Å². The Balaban J connectivity index is 4.07. The summed E-state index contributed by atoms with van der Waals surface area (Å²) in [4.78, 5) is 37.3. The van der Waals surface area contributed by atoms with Crippen molar-refractivity contribution in [3.05, 3.63) is 36.5 Å². The molecule has 0 saturated heterocycles. The smallest absolute Gasteiger partial charge is 0.306 e. The van der Waals surface area contributed by atoms with Crippen LogP contribution in [0.1, 0.15) is 309 Å². The molecular weight excluding hydrogens is 935 g/mol. The average Bonchev–Trinajstić information content (AvgIpc) is 3.38. The van der Waals surface area contributed by atoms with Crippen molar-refractivity contribution in [2.45, 2.75) is 322 Å². The Kier molecular flexibility index (Phi) is 55.8. The van der Waals surface area contributed by atoms with E-state index in [1.165, 1.54) is 231 Å². The van der Waals surface area contributed by atoms with Crippen LogP contribution in [-0.2, 0) is 33.3 Å². The van der Waals surface area contributed by atoms with Crippen LogP contribution in [0.5, 0.6) is 0 Å². The number of carbonyl (C=O) groups excluding carboxylic acids is 3. The van der Waals surface area contributed by atoms with Gasteiger partial charge in [-0.25, -0.2) is 0 Å². The molecule has 0 radical (unpaired) electrons. The Morgan fingerprint density at radius 2 is 0.720 bits per heavy atom.